The fourth-order valence-electron chi connectivity index (χ4n) is 10.2. The van der Waals surface area contributed by atoms with E-state index in [0.29, 0.717) is 0 Å². The van der Waals surface area contributed by atoms with Crippen LogP contribution in [-0.4, -0.2) is 0 Å². The SMILES string of the molecule is CC1(C)c2ccccc2-c2cc(-c3ccc(N(c4ccccc4-c4ccccc4)c4ccccc4-c4cccc5c4-c4cc6ccccc6cc4C5(C)C)cc3)ccc21. The van der Waals surface area contributed by atoms with Crippen LogP contribution in [0.1, 0.15) is 49.9 Å². The maximum absolute atomic E-state index is 2.48. The maximum Gasteiger partial charge on any atom is 0.0540 e. The van der Waals surface area contributed by atoms with Gasteiger partial charge in [-0.15, -0.1) is 0 Å². The number of nitrogens with zero attached hydrogens (tertiary/aromatic N) is 1. The highest BCUT2D eigenvalue weighted by molar-refractivity contribution is 6.02. The minimum absolute atomic E-state index is 0.0150. The largest absolute Gasteiger partial charge is 0.309 e. The quantitative estimate of drug-likeness (QED) is 0.163. The Morgan fingerprint density at radius 1 is 0.305 bits per heavy atom. The Kier molecular flexibility index (Phi) is 7.94. The molecule has 9 aromatic rings. The summed E-state index contributed by atoms with van der Waals surface area (Å²) in [6, 6.07) is 74.3. The minimum Gasteiger partial charge on any atom is -0.309 e. The molecule has 0 saturated heterocycles. The molecule has 0 N–H and O–H groups in total. The van der Waals surface area contributed by atoms with Gasteiger partial charge in [-0.05, 0) is 120 Å². The molecule has 0 fully saturated rings. The number of benzene rings is 9. The Bertz CT molecular complexity index is 3090. The first-order valence-electron chi connectivity index (χ1n) is 20.8. The molecule has 1 heteroatoms. The summed E-state index contributed by atoms with van der Waals surface area (Å²) in [5, 5.41) is 2.56. The fourth-order valence-corrected chi connectivity index (χ4v) is 10.2. The number of anilines is 3. The van der Waals surface area contributed by atoms with E-state index in [-0.39, 0.29) is 10.8 Å². The molecule has 0 bridgehead atoms. The van der Waals surface area contributed by atoms with Crippen molar-refractivity contribution >= 4 is 27.8 Å². The van der Waals surface area contributed by atoms with Gasteiger partial charge in [0.2, 0.25) is 0 Å². The topological polar surface area (TPSA) is 3.24 Å². The molecule has 1 nitrogen and oxygen atoms in total. The highest BCUT2D eigenvalue weighted by Crippen LogP contribution is 2.55. The summed E-state index contributed by atoms with van der Waals surface area (Å²) < 4.78 is 0. The van der Waals surface area contributed by atoms with E-state index >= 15 is 0 Å². The van der Waals surface area contributed by atoms with E-state index in [1.165, 1.54) is 88.7 Å². The average Bonchev–Trinajstić information content (AvgIpc) is 3.65. The summed E-state index contributed by atoms with van der Waals surface area (Å²) >= 11 is 0. The van der Waals surface area contributed by atoms with E-state index in [4.69, 9.17) is 0 Å². The Hall–Kier alpha value is -6.96. The van der Waals surface area contributed by atoms with Crippen LogP contribution in [0.3, 0.4) is 0 Å². The van der Waals surface area contributed by atoms with Crippen molar-refractivity contribution in [2.24, 2.45) is 0 Å². The lowest BCUT2D eigenvalue weighted by Crippen LogP contribution is -2.15. The van der Waals surface area contributed by atoms with E-state index in [2.05, 4.69) is 233 Å². The third-order valence-corrected chi connectivity index (χ3v) is 13.3. The molecule has 11 rings (SSSR count). The first kappa shape index (κ1) is 35.2. The van der Waals surface area contributed by atoms with E-state index in [1.807, 2.05) is 0 Å². The van der Waals surface area contributed by atoms with Gasteiger partial charge in [0.25, 0.3) is 0 Å². The van der Waals surface area contributed by atoms with E-state index in [1.54, 1.807) is 0 Å². The molecule has 0 atom stereocenters. The van der Waals surface area contributed by atoms with Gasteiger partial charge >= 0.3 is 0 Å². The summed E-state index contributed by atoms with van der Waals surface area (Å²) in [7, 11) is 0. The monoisotopic (exact) mass is 755 g/mol. The van der Waals surface area contributed by atoms with Crippen molar-refractivity contribution in [2.75, 3.05) is 4.90 Å². The van der Waals surface area contributed by atoms with Crippen molar-refractivity contribution in [3.63, 3.8) is 0 Å². The number of hydrogen-bond acceptors (Lipinski definition) is 1. The number of fused-ring (bicyclic) bond motifs is 7. The van der Waals surface area contributed by atoms with Gasteiger partial charge in [-0.25, -0.2) is 0 Å². The van der Waals surface area contributed by atoms with Crippen LogP contribution in [0.4, 0.5) is 17.1 Å². The van der Waals surface area contributed by atoms with Crippen molar-refractivity contribution in [2.45, 2.75) is 38.5 Å². The predicted molar refractivity (Wildman–Crippen MR) is 250 cm³/mol. The highest BCUT2D eigenvalue weighted by atomic mass is 15.1. The van der Waals surface area contributed by atoms with Gasteiger partial charge in [-0.3, -0.25) is 0 Å². The second-order valence-corrected chi connectivity index (χ2v) is 17.3. The molecule has 0 saturated carbocycles. The van der Waals surface area contributed by atoms with Gasteiger partial charge < -0.3 is 4.90 Å². The standard InChI is InChI=1S/C58H45N/c1-57(2)50-25-13-10-22-45(50)48-35-42(31-34-51(48)57)38-29-32-43(33-30-38)59(54-27-14-11-21-44(54)39-17-6-5-7-18-39)55-28-15-12-23-46(55)47-24-16-26-52-56(47)49-36-40-19-8-9-20-41(40)37-53(49)58(52,3)4/h5-37H,1-4H3. The van der Waals surface area contributed by atoms with Gasteiger partial charge in [-0.1, -0.05) is 185 Å². The fraction of sp³-hybridized carbons (Fsp3) is 0.103. The molecule has 59 heavy (non-hydrogen) atoms. The van der Waals surface area contributed by atoms with Gasteiger partial charge in [0.15, 0.2) is 0 Å². The molecule has 9 aromatic carbocycles. The third kappa shape index (κ3) is 5.45. The van der Waals surface area contributed by atoms with Crippen molar-refractivity contribution in [1.29, 1.82) is 0 Å². The molecule has 0 radical (unpaired) electrons. The molecule has 0 aliphatic heterocycles. The van der Waals surface area contributed by atoms with Crippen LogP contribution in [0.5, 0.6) is 0 Å². The van der Waals surface area contributed by atoms with Crippen molar-refractivity contribution in [3.05, 3.63) is 222 Å². The molecule has 0 aromatic heterocycles. The summed E-state index contributed by atoms with van der Waals surface area (Å²) in [6.07, 6.45) is 0. The molecule has 0 spiro atoms. The highest BCUT2D eigenvalue weighted by Gasteiger charge is 2.38. The lowest BCUT2D eigenvalue weighted by molar-refractivity contribution is 0.660. The van der Waals surface area contributed by atoms with Gasteiger partial charge in [0.05, 0.1) is 11.4 Å². The molecular formula is C58H45N. The van der Waals surface area contributed by atoms with Crippen LogP contribution in [0.2, 0.25) is 0 Å². The molecule has 2 aliphatic rings. The summed E-state index contributed by atoms with van der Waals surface area (Å²) in [5.74, 6) is 0. The lowest BCUT2D eigenvalue weighted by Gasteiger charge is -2.30. The molecule has 0 unspecified atom stereocenters. The zero-order valence-corrected chi connectivity index (χ0v) is 34.0. The smallest absolute Gasteiger partial charge is 0.0540 e. The Morgan fingerprint density at radius 3 is 1.61 bits per heavy atom. The Labute approximate surface area is 347 Å². The molecule has 282 valence electrons. The van der Waals surface area contributed by atoms with Crippen LogP contribution in [0, 0.1) is 0 Å². The van der Waals surface area contributed by atoms with Crippen LogP contribution in [0.15, 0.2) is 200 Å². The van der Waals surface area contributed by atoms with Crippen LogP contribution in [-0.2, 0) is 10.8 Å². The van der Waals surface area contributed by atoms with E-state index in [0.717, 1.165) is 17.1 Å². The van der Waals surface area contributed by atoms with Gasteiger partial charge in [0, 0.05) is 27.6 Å². The van der Waals surface area contributed by atoms with Crippen LogP contribution < -0.4 is 4.90 Å². The second kappa shape index (κ2) is 13.3. The van der Waals surface area contributed by atoms with Crippen molar-refractivity contribution < 1.29 is 0 Å². The van der Waals surface area contributed by atoms with Gasteiger partial charge in [0.1, 0.15) is 0 Å². The maximum atomic E-state index is 2.48. The summed E-state index contributed by atoms with van der Waals surface area (Å²) in [5.41, 5.74) is 21.4. The first-order chi connectivity index (χ1) is 28.8. The molecule has 2 aliphatic carbocycles. The van der Waals surface area contributed by atoms with E-state index < -0.39 is 0 Å². The zero-order chi connectivity index (χ0) is 39.9. The first-order valence-corrected chi connectivity index (χ1v) is 20.8. The van der Waals surface area contributed by atoms with Crippen LogP contribution >= 0.6 is 0 Å². The Morgan fingerprint density at radius 2 is 0.847 bits per heavy atom. The van der Waals surface area contributed by atoms with Crippen molar-refractivity contribution in [1.82, 2.24) is 0 Å². The van der Waals surface area contributed by atoms with Gasteiger partial charge in [-0.2, -0.15) is 0 Å². The normalized spacial score (nSPS) is 14.0. The zero-order valence-electron chi connectivity index (χ0n) is 34.0. The average molecular weight is 756 g/mol. The lowest BCUT2D eigenvalue weighted by atomic mass is 9.81. The molecule has 0 amide bonds. The predicted octanol–water partition coefficient (Wildman–Crippen LogP) is 15.9. The minimum atomic E-state index is -0.134. The number of rotatable bonds is 6. The Balaban J connectivity index is 1.09. The second-order valence-electron chi connectivity index (χ2n) is 17.3. The van der Waals surface area contributed by atoms with Crippen molar-refractivity contribution in [3.8, 4) is 55.6 Å². The molecular weight excluding hydrogens is 711 g/mol. The third-order valence-electron chi connectivity index (χ3n) is 13.3. The summed E-state index contributed by atoms with van der Waals surface area (Å²) in [6.45, 7) is 9.45. The molecule has 0 heterocycles. The summed E-state index contributed by atoms with van der Waals surface area (Å²) in [4.78, 5) is 2.48. The number of para-hydroxylation sites is 2. The number of hydrogen-bond donors (Lipinski definition) is 0. The van der Waals surface area contributed by atoms with Crippen LogP contribution in [0.25, 0.3) is 66.4 Å². The van der Waals surface area contributed by atoms with E-state index in [9.17, 15) is 0 Å².